The fourth-order valence-corrected chi connectivity index (χ4v) is 1.69. The van der Waals surface area contributed by atoms with E-state index in [1.165, 1.54) is 7.11 Å². The maximum absolute atomic E-state index is 11.7. The van der Waals surface area contributed by atoms with Crippen molar-refractivity contribution in [1.82, 2.24) is 4.90 Å². The number of nitrogens with zero attached hydrogens (tertiary/aromatic N) is 1. The Morgan fingerprint density at radius 1 is 1.60 bits per heavy atom. The molecule has 0 aliphatic heterocycles. The van der Waals surface area contributed by atoms with E-state index in [1.807, 2.05) is 25.8 Å². The molecule has 0 aromatic heterocycles. The number of likely N-dealkylation sites (N-methyl/N-ethyl adjacent to an activating group) is 1. The van der Waals surface area contributed by atoms with Crippen molar-refractivity contribution in [3.8, 4) is 0 Å². The molecule has 0 spiro atoms. The van der Waals surface area contributed by atoms with Gasteiger partial charge in [-0.3, -0.25) is 9.69 Å². The summed E-state index contributed by atoms with van der Waals surface area (Å²) in [6, 6.07) is -0.211. The van der Waals surface area contributed by atoms with Crippen LogP contribution in [-0.4, -0.2) is 48.3 Å². The first-order chi connectivity index (χ1) is 6.94. The van der Waals surface area contributed by atoms with E-state index in [4.69, 9.17) is 4.74 Å². The molecule has 0 heterocycles. The Balaban J connectivity index is 2.75. The van der Waals surface area contributed by atoms with Gasteiger partial charge in [-0.05, 0) is 39.7 Å². The van der Waals surface area contributed by atoms with Gasteiger partial charge in [0.25, 0.3) is 0 Å². The van der Waals surface area contributed by atoms with E-state index >= 15 is 0 Å². The summed E-state index contributed by atoms with van der Waals surface area (Å²) in [5.74, 6) is 0.204. The molecule has 4 heteroatoms. The van der Waals surface area contributed by atoms with Gasteiger partial charge in [-0.2, -0.15) is 0 Å². The molecule has 1 aliphatic carbocycles. The van der Waals surface area contributed by atoms with E-state index in [9.17, 15) is 9.90 Å². The molecule has 4 nitrogen and oxygen atoms in total. The zero-order valence-electron chi connectivity index (χ0n) is 9.99. The summed E-state index contributed by atoms with van der Waals surface area (Å²) in [7, 11) is 3.29. The van der Waals surface area contributed by atoms with Crippen molar-refractivity contribution < 1.29 is 14.6 Å². The van der Waals surface area contributed by atoms with Gasteiger partial charge in [0, 0.05) is 5.54 Å². The highest BCUT2D eigenvalue weighted by Crippen LogP contribution is 2.37. The summed E-state index contributed by atoms with van der Waals surface area (Å²) < 4.78 is 4.81. The average Bonchev–Trinajstić information content (AvgIpc) is 3.01. The first-order valence-electron chi connectivity index (χ1n) is 5.35. The zero-order chi connectivity index (χ0) is 11.6. The van der Waals surface area contributed by atoms with Crippen molar-refractivity contribution in [2.45, 2.75) is 38.3 Å². The Bertz CT molecular complexity index is 236. The first-order valence-corrected chi connectivity index (χ1v) is 5.35. The van der Waals surface area contributed by atoms with Crippen LogP contribution in [0.15, 0.2) is 0 Å². The highest BCUT2D eigenvalue weighted by Gasteiger charge is 2.43. The van der Waals surface area contributed by atoms with Crippen LogP contribution in [0.4, 0.5) is 0 Å². The van der Waals surface area contributed by atoms with Crippen LogP contribution in [-0.2, 0) is 9.53 Å². The van der Waals surface area contributed by atoms with Crippen LogP contribution in [0.3, 0.4) is 0 Å². The monoisotopic (exact) mass is 215 g/mol. The number of esters is 1. The van der Waals surface area contributed by atoms with Crippen molar-refractivity contribution in [3.63, 3.8) is 0 Å². The van der Waals surface area contributed by atoms with Gasteiger partial charge in [0.05, 0.1) is 13.7 Å². The SMILES string of the molecule is COC(=O)C(C1CC1)N(C)C(C)(C)CO. The Kier molecular flexibility index (Phi) is 3.73. The Morgan fingerprint density at radius 2 is 2.13 bits per heavy atom. The van der Waals surface area contributed by atoms with E-state index in [1.54, 1.807) is 0 Å². The van der Waals surface area contributed by atoms with Gasteiger partial charge in [0.1, 0.15) is 6.04 Å². The molecule has 0 bridgehead atoms. The second kappa shape index (κ2) is 4.49. The van der Waals surface area contributed by atoms with Crippen LogP contribution >= 0.6 is 0 Å². The van der Waals surface area contributed by atoms with Gasteiger partial charge in [0.15, 0.2) is 0 Å². The number of aliphatic hydroxyl groups excluding tert-OH is 1. The van der Waals surface area contributed by atoms with E-state index in [-0.39, 0.29) is 24.2 Å². The minimum Gasteiger partial charge on any atom is -0.468 e. The fourth-order valence-electron chi connectivity index (χ4n) is 1.69. The summed E-state index contributed by atoms with van der Waals surface area (Å²) in [4.78, 5) is 13.6. The van der Waals surface area contributed by atoms with Crippen molar-refractivity contribution in [2.75, 3.05) is 20.8 Å². The number of aliphatic hydroxyl groups is 1. The van der Waals surface area contributed by atoms with Gasteiger partial charge >= 0.3 is 5.97 Å². The average molecular weight is 215 g/mol. The maximum Gasteiger partial charge on any atom is 0.323 e. The summed E-state index contributed by atoms with van der Waals surface area (Å²) in [6.07, 6.45) is 2.15. The molecule has 1 aliphatic rings. The molecular weight excluding hydrogens is 194 g/mol. The first kappa shape index (κ1) is 12.5. The topological polar surface area (TPSA) is 49.8 Å². The lowest BCUT2D eigenvalue weighted by Crippen LogP contribution is -2.54. The lowest BCUT2D eigenvalue weighted by atomic mass is 10.00. The number of hydrogen-bond acceptors (Lipinski definition) is 4. The van der Waals surface area contributed by atoms with Crippen LogP contribution < -0.4 is 0 Å². The molecule has 0 amide bonds. The largest absolute Gasteiger partial charge is 0.468 e. The van der Waals surface area contributed by atoms with Crippen LogP contribution in [0.2, 0.25) is 0 Å². The number of rotatable bonds is 5. The van der Waals surface area contributed by atoms with Crippen molar-refractivity contribution >= 4 is 5.97 Å². The molecule has 1 rings (SSSR count). The van der Waals surface area contributed by atoms with Gasteiger partial charge in [0.2, 0.25) is 0 Å². The lowest BCUT2D eigenvalue weighted by Gasteiger charge is -2.38. The van der Waals surface area contributed by atoms with Gasteiger partial charge in [-0.1, -0.05) is 0 Å². The quantitative estimate of drug-likeness (QED) is 0.684. The molecule has 15 heavy (non-hydrogen) atoms. The van der Waals surface area contributed by atoms with Crippen LogP contribution in [0.5, 0.6) is 0 Å². The van der Waals surface area contributed by atoms with Gasteiger partial charge < -0.3 is 9.84 Å². The highest BCUT2D eigenvalue weighted by atomic mass is 16.5. The summed E-state index contributed by atoms with van der Waals surface area (Å²) in [5, 5.41) is 9.28. The molecule has 0 aromatic rings. The second-order valence-electron chi connectivity index (χ2n) is 4.89. The van der Waals surface area contributed by atoms with Crippen molar-refractivity contribution in [3.05, 3.63) is 0 Å². The van der Waals surface area contributed by atoms with Gasteiger partial charge in [-0.15, -0.1) is 0 Å². The predicted octanol–water partition coefficient (Wildman–Crippen LogP) is 0.641. The van der Waals surface area contributed by atoms with Crippen molar-refractivity contribution in [2.24, 2.45) is 5.92 Å². The van der Waals surface area contributed by atoms with E-state index in [0.29, 0.717) is 5.92 Å². The number of methoxy groups -OCH3 is 1. The smallest absolute Gasteiger partial charge is 0.323 e. The van der Waals surface area contributed by atoms with E-state index < -0.39 is 0 Å². The van der Waals surface area contributed by atoms with Crippen LogP contribution in [0, 0.1) is 5.92 Å². The predicted molar refractivity (Wildman–Crippen MR) is 57.5 cm³/mol. The molecule has 0 saturated heterocycles. The molecule has 1 unspecified atom stereocenters. The highest BCUT2D eigenvalue weighted by molar-refractivity contribution is 5.76. The summed E-state index contributed by atoms with van der Waals surface area (Å²) in [6.45, 7) is 3.88. The molecule has 1 fully saturated rings. The number of carbonyl (C=O) groups is 1. The zero-order valence-corrected chi connectivity index (χ0v) is 9.99. The summed E-state index contributed by atoms with van der Waals surface area (Å²) >= 11 is 0. The molecular formula is C11H21NO3. The standard InChI is InChI=1S/C11H21NO3/c1-11(2,7-13)12(3)9(8-5-6-8)10(14)15-4/h8-9,13H,5-7H2,1-4H3. The lowest BCUT2D eigenvalue weighted by molar-refractivity contribution is -0.150. The summed E-state index contributed by atoms with van der Waals surface area (Å²) in [5.41, 5.74) is -0.387. The normalized spacial score (nSPS) is 19.1. The fraction of sp³-hybridized carbons (Fsp3) is 0.909. The molecule has 1 atom stereocenters. The third-order valence-electron chi connectivity index (χ3n) is 3.27. The van der Waals surface area contributed by atoms with E-state index in [2.05, 4.69) is 0 Å². The molecule has 0 radical (unpaired) electrons. The molecule has 88 valence electrons. The van der Waals surface area contributed by atoms with Crippen LogP contribution in [0.25, 0.3) is 0 Å². The second-order valence-corrected chi connectivity index (χ2v) is 4.89. The molecule has 0 aromatic carbocycles. The Morgan fingerprint density at radius 3 is 2.47 bits per heavy atom. The molecule has 1 N–H and O–H groups in total. The van der Waals surface area contributed by atoms with E-state index in [0.717, 1.165) is 12.8 Å². The minimum atomic E-state index is -0.387. The van der Waals surface area contributed by atoms with Crippen molar-refractivity contribution in [1.29, 1.82) is 0 Å². The third kappa shape index (κ3) is 2.69. The van der Waals surface area contributed by atoms with Crippen LogP contribution in [0.1, 0.15) is 26.7 Å². The minimum absolute atomic E-state index is 0.0315. The third-order valence-corrected chi connectivity index (χ3v) is 3.27. The maximum atomic E-state index is 11.7. The Hall–Kier alpha value is -0.610. The Labute approximate surface area is 91.2 Å². The number of carbonyl (C=O) groups excluding carboxylic acids is 1. The number of ether oxygens (including phenoxy) is 1. The van der Waals surface area contributed by atoms with Gasteiger partial charge in [-0.25, -0.2) is 0 Å². The number of hydrogen-bond donors (Lipinski definition) is 1. The molecule has 1 saturated carbocycles.